The summed E-state index contributed by atoms with van der Waals surface area (Å²) in [6, 6.07) is 1.20. The van der Waals surface area contributed by atoms with Gasteiger partial charge in [-0.2, -0.15) is 4.98 Å². The maximum atomic E-state index is 11.8. The van der Waals surface area contributed by atoms with Crippen LogP contribution in [0.4, 0.5) is 5.82 Å². The number of aliphatic hydroxyl groups is 2. The van der Waals surface area contributed by atoms with Crippen LogP contribution in [-0.2, 0) is 38.8 Å². The normalized spacial score (nSPS) is 25.8. The molecular formula is C9H12N3Na4O13P3S. The molecule has 0 bridgehead atoms. The molecule has 2 heterocycles. The van der Waals surface area contributed by atoms with Crippen molar-refractivity contribution in [1.82, 2.24) is 9.55 Å². The Hall–Kier alpha value is 3.39. The van der Waals surface area contributed by atoms with Crippen LogP contribution in [0, 0.1) is 0 Å². The molecule has 1 fully saturated rings. The largest absolute Gasteiger partial charge is 1.00 e. The van der Waals surface area contributed by atoms with Crippen LogP contribution in [0.2, 0.25) is 0 Å². The molecule has 33 heavy (non-hydrogen) atoms. The van der Waals surface area contributed by atoms with Crippen LogP contribution in [0.3, 0.4) is 0 Å². The van der Waals surface area contributed by atoms with E-state index in [0.29, 0.717) is 0 Å². The van der Waals surface area contributed by atoms with Crippen molar-refractivity contribution in [3.63, 3.8) is 0 Å². The number of aromatic nitrogens is 2. The van der Waals surface area contributed by atoms with Crippen molar-refractivity contribution in [2.45, 2.75) is 24.5 Å². The van der Waals surface area contributed by atoms with Gasteiger partial charge in [0.15, 0.2) is 6.23 Å². The van der Waals surface area contributed by atoms with Crippen LogP contribution in [0.5, 0.6) is 0 Å². The van der Waals surface area contributed by atoms with Gasteiger partial charge in [-0.25, -0.2) is 4.79 Å². The van der Waals surface area contributed by atoms with Gasteiger partial charge >= 0.3 is 124 Å². The fourth-order valence-electron chi connectivity index (χ4n) is 2.16. The second kappa shape index (κ2) is 16.5. The van der Waals surface area contributed by atoms with Crippen LogP contribution in [-0.4, -0.2) is 44.7 Å². The summed E-state index contributed by atoms with van der Waals surface area (Å²) >= 11 is 4.23. The fourth-order valence-corrected chi connectivity index (χ4v) is 5.95. The van der Waals surface area contributed by atoms with E-state index in [9.17, 15) is 43.7 Å². The molecule has 0 radical (unpaired) electrons. The van der Waals surface area contributed by atoms with E-state index in [2.05, 4.69) is 29.9 Å². The van der Waals surface area contributed by atoms with Gasteiger partial charge in [-0.1, -0.05) is 11.8 Å². The number of ether oxygens (including phenoxy) is 1. The van der Waals surface area contributed by atoms with Crippen molar-refractivity contribution in [3.8, 4) is 0 Å². The van der Waals surface area contributed by atoms with Crippen molar-refractivity contribution >= 4 is 40.0 Å². The van der Waals surface area contributed by atoms with Gasteiger partial charge in [-0.3, -0.25) is 17.8 Å². The number of rotatable bonds is 8. The van der Waals surface area contributed by atoms with Crippen LogP contribution in [0.1, 0.15) is 6.23 Å². The third-order valence-electron chi connectivity index (χ3n) is 3.26. The van der Waals surface area contributed by atoms with Crippen molar-refractivity contribution < 1.29 is 175 Å². The van der Waals surface area contributed by atoms with E-state index in [4.69, 9.17) is 10.5 Å². The molecule has 1 aliphatic heterocycles. The molecule has 1 aromatic heterocycles. The second-order valence-electron chi connectivity index (χ2n) is 5.39. The van der Waals surface area contributed by atoms with E-state index in [0.717, 1.165) is 10.8 Å². The topological polar surface area (TPSA) is 265 Å². The minimum absolute atomic E-state index is 0. The summed E-state index contributed by atoms with van der Waals surface area (Å²) in [5.74, 6) is -0.117. The van der Waals surface area contributed by atoms with E-state index >= 15 is 0 Å². The first-order chi connectivity index (χ1) is 13.1. The maximum Gasteiger partial charge on any atom is 1.00 e. The van der Waals surface area contributed by atoms with Crippen LogP contribution >= 0.6 is 22.4 Å². The number of hydrogen-bond acceptors (Lipinski definition) is 16. The van der Waals surface area contributed by atoms with Crippen LogP contribution in [0.25, 0.3) is 0 Å². The zero-order valence-corrected chi connectivity index (χ0v) is 29.3. The monoisotopic (exact) mass is 587 g/mol. The Labute approximate surface area is 280 Å². The summed E-state index contributed by atoms with van der Waals surface area (Å²) in [5.41, 5.74) is 4.40. The standard InChI is InChI=1S/C9H16N3O13P3S.4Na/c10-5-1-2-12(9(15)11-5)8-7(14)6(13)4(23-8)3-22-28(21,29)25-27(19,20)24-26(16,17)18;;;;/h1-2,4,6-8,13-14H,3H2,(H,19,20)(H,21,29)(H2,10,11,15)(H2,16,17,18);;;;/q;4*+1/p-4/t4-,6-,7-,8-,28?;;;;/m1..../s1. The van der Waals surface area contributed by atoms with E-state index < -0.39 is 59.2 Å². The van der Waals surface area contributed by atoms with Crippen molar-refractivity contribution in [3.05, 3.63) is 22.7 Å². The van der Waals surface area contributed by atoms with E-state index in [1.807, 2.05) is 0 Å². The molecule has 24 heteroatoms. The Morgan fingerprint density at radius 1 is 1.12 bits per heavy atom. The summed E-state index contributed by atoms with van der Waals surface area (Å²) in [5, 5.41) is 20.0. The molecule has 1 aromatic rings. The Morgan fingerprint density at radius 3 is 2.15 bits per heavy atom. The molecule has 0 aromatic carbocycles. The van der Waals surface area contributed by atoms with Crippen molar-refractivity contribution in [1.29, 1.82) is 0 Å². The smallest absolute Gasteiger partial charge is 0.790 e. The van der Waals surface area contributed by atoms with Crippen molar-refractivity contribution in [2.24, 2.45) is 0 Å². The molecule has 1 aliphatic rings. The number of nitrogens with two attached hydrogens (primary N) is 1. The first kappa shape index (κ1) is 40.9. The molecule has 0 amide bonds. The van der Waals surface area contributed by atoms with Gasteiger partial charge in [-0.05, 0) is 6.07 Å². The molecule has 0 spiro atoms. The molecule has 2 unspecified atom stereocenters. The summed E-state index contributed by atoms with van der Waals surface area (Å²) in [4.78, 5) is 58.9. The number of anilines is 1. The molecule has 1 saturated heterocycles. The minimum Gasteiger partial charge on any atom is -0.790 e. The maximum absolute atomic E-state index is 11.8. The first-order valence-electron chi connectivity index (χ1n) is 7.18. The zero-order valence-electron chi connectivity index (χ0n) is 17.8. The average molecular weight is 587 g/mol. The summed E-state index contributed by atoms with van der Waals surface area (Å²) < 4.78 is 38.8. The average Bonchev–Trinajstić information content (AvgIpc) is 2.78. The Kier molecular flexibility index (Phi) is 20.4. The zero-order chi connectivity index (χ0) is 22.2. The van der Waals surface area contributed by atoms with E-state index in [1.54, 1.807) is 0 Å². The van der Waals surface area contributed by atoms with Gasteiger partial charge in [0.1, 0.15) is 30.8 Å². The predicted octanol–water partition coefficient (Wildman–Crippen LogP) is -16.6. The Balaban J connectivity index is -0.00000225. The van der Waals surface area contributed by atoms with E-state index in [-0.39, 0.29) is 124 Å². The number of nitrogen functional groups attached to an aromatic ring is 1. The van der Waals surface area contributed by atoms with Gasteiger partial charge in [0.25, 0.3) is 7.82 Å². The van der Waals surface area contributed by atoms with Gasteiger partial charge in [0.2, 0.25) is 0 Å². The van der Waals surface area contributed by atoms with Gasteiger partial charge < -0.3 is 49.3 Å². The third kappa shape index (κ3) is 13.3. The van der Waals surface area contributed by atoms with Gasteiger partial charge in [0, 0.05) is 6.20 Å². The molecule has 166 valence electrons. The summed E-state index contributed by atoms with van der Waals surface area (Å²) in [6.45, 7) is -5.92. The van der Waals surface area contributed by atoms with Crippen LogP contribution in [0.15, 0.2) is 17.1 Å². The van der Waals surface area contributed by atoms with Crippen LogP contribution < -0.4 is 149 Å². The molecule has 0 aliphatic carbocycles. The van der Waals surface area contributed by atoms with Crippen molar-refractivity contribution in [2.75, 3.05) is 12.3 Å². The van der Waals surface area contributed by atoms with Gasteiger partial charge in [0.05, 0.1) is 14.4 Å². The SMILES string of the molecule is Nc1ccn([C@@H]2O[C@H](COP([O-])(=S)OP(=O)([O-])OP(=O)([O-])[O-])[C@@H](O)[C@H]2O)c(=O)n1.[Na+].[Na+].[Na+].[Na+]. The molecule has 2 rings (SSSR count). The van der Waals surface area contributed by atoms with E-state index in [1.165, 1.54) is 6.07 Å². The molecular weight excluding hydrogens is 575 g/mol. The first-order valence-corrected chi connectivity index (χ1v) is 12.7. The number of hydrogen-bond donors (Lipinski definition) is 3. The minimum atomic E-state index is -6.05. The predicted molar refractivity (Wildman–Crippen MR) is 86.5 cm³/mol. The number of nitrogens with zero attached hydrogens (tertiary/aromatic N) is 2. The van der Waals surface area contributed by atoms with Gasteiger partial charge in [-0.15, -0.1) is 0 Å². The molecule has 4 N–H and O–H groups in total. The summed E-state index contributed by atoms with van der Waals surface area (Å²) in [7, 11) is -12.0. The Bertz CT molecular complexity index is 969. The summed E-state index contributed by atoms with van der Waals surface area (Å²) in [6.07, 6.45) is -5.26. The number of aliphatic hydroxyl groups excluding tert-OH is 2. The fraction of sp³-hybridized carbons (Fsp3) is 0.556. The molecule has 6 atom stereocenters. The quantitative estimate of drug-likeness (QED) is 0.188. The molecule has 16 nitrogen and oxygen atoms in total. The Morgan fingerprint density at radius 2 is 1.67 bits per heavy atom. The number of phosphoric acid groups is 2. The molecule has 0 saturated carbocycles. The second-order valence-corrected chi connectivity index (χ2v) is 11.0. The third-order valence-corrected chi connectivity index (χ3v) is 7.84.